The highest BCUT2D eigenvalue weighted by atomic mass is 19.2. The van der Waals surface area contributed by atoms with Crippen LogP contribution >= 0.6 is 0 Å². The lowest BCUT2D eigenvalue weighted by Gasteiger charge is -2.28. The van der Waals surface area contributed by atoms with Gasteiger partial charge in [0.25, 0.3) is 17.9 Å². The first-order valence-corrected chi connectivity index (χ1v) is 7.39. The van der Waals surface area contributed by atoms with Gasteiger partial charge in [-0.3, -0.25) is 0 Å². The molecule has 5 nitrogen and oxygen atoms in total. The van der Waals surface area contributed by atoms with E-state index in [1.54, 1.807) is 0 Å². The maximum absolute atomic E-state index is 14.7. The van der Waals surface area contributed by atoms with Crippen LogP contribution in [0.15, 0.2) is 35.0 Å². The number of halogens is 7. The zero-order valence-corrected chi connectivity index (χ0v) is 13.2. The van der Waals surface area contributed by atoms with Crippen LogP contribution in [0.5, 0.6) is 28.7 Å². The largest absolute Gasteiger partial charge is 0.446 e. The van der Waals surface area contributed by atoms with Crippen molar-refractivity contribution in [3.8, 4) is 28.7 Å². The van der Waals surface area contributed by atoms with Gasteiger partial charge in [0.2, 0.25) is 29.0 Å². The van der Waals surface area contributed by atoms with Crippen LogP contribution in [0.2, 0.25) is 0 Å². The number of hydrogen-bond acceptors (Lipinski definition) is 5. The summed E-state index contributed by atoms with van der Waals surface area (Å²) in [5.74, 6) is -17.7. The number of ether oxygens (including phenoxy) is 3. The second-order valence-corrected chi connectivity index (χ2v) is 5.56. The molecule has 4 rings (SSSR count). The van der Waals surface area contributed by atoms with Gasteiger partial charge in [-0.15, -0.1) is 0 Å². The van der Waals surface area contributed by atoms with Crippen molar-refractivity contribution in [3.63, 3.8) is 0 Å². The summed E-state index contributed by atoms with van der Waals surface area (Å²) in [4.78, 5) is 5.10. The number of fused-ring (bicyclic) bond motifs is 2. The Hall–Kier alpha value is -3.31. The molecule has 0 spiro atoms. The van der Waals surface area contributed by atoms with E-state index < -0.39 is 70.7 Å². The molecule has 2 aliphatic heterocycles. The summed E-state index contributed by atoms with van der Waals surface area (Å²) < 4.78 is 110. The Kier molecular flexibility index (Phi) is 3.94. The zero-order valence-electron chi connectivity index (χ0n) is 13.2. The second-order valence-electron chi connectivity index (χ2n) is 5.56. The van der Waals surface area contributed by atoms with Gasteiger partial charge in [0.15, 0.2) is 17.3 Å². The lowest BCUT2D eigenvalue weighted by Crippen LogP contribution is -2.40. The molecule has 0 saturated heterocycles. The van der Waals surface area contributed by atoms with Crippen molar-refractivity contribution in [1.82, 2.24) is 4.98 Å². The number of rotatable bonds is 2. The molecule has 0 saturated carbocycles. The standard InChI is InChI=1S/C16H5F7N2O3/c17-5-4-16(23,15(22)25-12(5)19)28-7-3-1-2-6-9(7)27-11-10(26-6)8(18)13(20)24-14(11)21/h1-3H,4H2. The summed E-state index contributed by atoms with van der Waals surface area (Å²) in [6, 6.07) is 3.29. The number of nitrogens with zero attached hydrogens (tertiary/aromatic N) is 2. The monoisotopic (exact) mass is 406 g/mol. The number of pyridine rings is 1. The average molecular weight is 406 g/mol. The molecule has 1 unspecified atom stereocenters. The minimum atomic E-state index is -3.54. The first-order valence-electron chi connectivity index (χ1n) is 7.39. The third kappa shape index (κ3) is 2.72. The lowest BCUT2D eigenvalue weighted by molar-refractivity contribution is -0.0128. The minimum Gasteiger partial charge on any atom is -0.446 e. The molecule has 28 heavy (non-hydrogen) atoms. The number of hydrogen-bond donors (Lipinski definition) is 0. The second kappa shape index (κ2) is 6.11. The van der Waals surface area contributed by atoms with Crippen molar-refractivity contribution >= 4 is 5.97 Å². The topological polar surface area (TPSA) is 52.9 Å². The Morgan fingerprint density at radius 3 is 2.43 bits per heavy atom. The molecule has 3 heterocycles. The molecule has 0 N–H and O–H groups in total. The lowest BCUT2D eigenvalue weighted by atomic mass is 10.1. The van der Waals surface area contributed by atoms with Crippen LogP contribution < -0.4 is 14.2 Å². The maximum atomic E-state index is 14.7. The summed E-state index contributed by atoms with van der Waals surface area (Å²) in [6.45, 7) is 0. The fourth-order valence-corrected chi connectivity index (χ4v) is 2.45. The molecule has 1 aromatic carbocycles. The molecule has 0 bridgehead atoms. The minimum absolute atomic E-state index is 0.382. The Balaban J connectivity index is 1.74. The van der Waals surface area contributed by atoms with E-state index in [1.165, 1.54) is 0 Å². The molecule has 2 aliphatic rings. The van der Waals surface area contributed by atoms with Gasteiger partial charge < -0.3 is 14.2 Å². The average Bonchev–Trinajstić information content (AvgIpc) is 2.64. The molecule has 1 aromatic heterocycles. The Labute approximate surface area is 150 Å². The third-order valence-corrected chi connectivity index (χ3v) is 3.71. The summed E-state index contributed by atoms with van der Waals surface area (Å²) in [5, 5.41) is 0. The normalized spacial score (nSPS) is 20.6. The molecule has 1 atom stereocenters. The van der Waals surface area contributed by atoms with Crippen LogP contribution in [0.3, 0.4) is 0 Å². The highest BCUT2D eigenvalue weighted by Gasteiger charge is 2.46. The number of benzene rings is 1. The van der Waals surface area contributed by atoms with Gasteiger partial charge in [-0.05, 0) is 12.1 Å². The van der Waals surface area contributed by atoms with Gasteiger partial charge in [0.05, 0.1) is 6.42 Å². The number of aliphatic imine (C=N–C) groups is 1. The van der Waals surface area contributed by atoms with Crippen molar-refractivity contribution in [1.29, 1.82) is 0 Å². The smallest absolute Gasteiger partial charge is 0.324 e. The predicted molar refractivity (Wildman–Crippen MR) is 77.6 cm³/mol. The van der Waals surface area contributed by atoms with Crippen LogP contribution in [0.4, 0.5) is 30.7 Å². The molecular weight excluding hydrogens is 401 g/mol. The molecule has 0 fully saturated rings. The summed E-state index contributed by atoms with van der Waals surface area (Å²) in [7, 11) is 0. The van der Waals surface area contributed by atoms with E-state index in [4.69, 9.17) is 14.2 Å². The summed E-state index contributed by atoms with van der Waals surface area (Å²) >= 11 is 0. The number of para-hydroxylation sites is 1. The van der Waals surface area contributed by atoms with Gasteiger partial charge >= 0.3 is 5.85 Å². The van der Waals surface area contributed by atoms with Crippen molar-refractivity contribution < 1.29 is 44.9 Å². The van der Waals surface area contributed by atoms with E-state index in [1.807, 2.05) is 0 Å². The zero-order chi connectivity index (χ0) is 20.2. The van der Waals surface area contributed by atoms with Crippen LogP contribution in [-0.4, -0.2) is 16.8 Å². The van der Waals surface area contributed by atoms with Crippen molar-refractivity contribution in [3.05, 3.63) is 47.7 Å². The first kappa shape index (κ1) is 18.1. The van der Waals surface area contributed by atoms with Crippen LogP contribution in [0, 0.1) is 17.7 Å². The number of alkyl halides is 1. The Morgan fingerprint density at radius 2 is 1.68 bits per heavy atom. The van der Waals surface area contributed by atoms with E-state index in [0.717, 1.165) is 18.2 Å². The van der Waals surface area contributed by atoms with Gasteiger partial charge in [0.1, 0.15) is 0 Å². The van der Waals surface area contributed by atoms with Gasteiger partial charge in [-0.25, -0.2) is 4.39 Å². The predicted octanol–water partition coefficient (Wildman–Crippen LogP) is 5.32. The van der Waals surface area contributed by atoms with Gasteiger partial charge in [0, 0.05) is 0 Å². The molecule has 146 valence electrons. The number of aromatic nitrogens is 1. The molecule has 2 aromatic rings. The quantitative estimate of drug-likeness (QED) is 0.328. The molecule has 0 aliphatic carbocycles. The Bertz CT molecular complexity index is 1070. The van der Waals surface area contributed by atoms with E-state index in [-0.39, 0.29) is 5.75 Å². The molecule has 0 radical (unpaired) electrons. The fourth-order valence-electron chi connectivity index (χ4n) is 2.45. The fraction of sp³-hybridized carbons (Fsp3) is 0.125. The maximum Gasteiger partial charge on any atom is 0.324 e. The van der Waals surface area contributed by atoms with Gasteiger partial charge in [-0.2, -0.15) is 36.3 Å². The van der Waals surface area contributed by atoms with E-state index in [2.05, 4.69) is 9.98 Å². The van der Waals surface area contributed by atoms with Crippen LogP contribution in [-0.2, 0) is 0 Å². The van der Waals surface area contributed by atoms with E-state index in [0.29, 0.717) is 0 Å². The van der Waals surface area contributed by atoms with Crippen molar-refractivity contribution in [2.75, 3.05) is 0 Å². The van der Waals surface area contributed by atoms with Crippen LogP contribution in [0.1, 0.15) is 6.42 Å². The molecule has 0 amide bonds. The first-order chi connectivity index (χ1) is 13.2. The third-order valence-electron chi connectivity index (χ3n) is 3.71. The van der Waals surface area contributed by atoms with Crippen LogP contribution in [0.25, 0.3) is 0 Å². The highest BCUT2D eigenvalue weighted by molar-refractivity contribution is 5.85. The van der Waals surface area contributed by atoms with E-state index in [9.17, 15) is 30.7 Å². The van der Waals surface area contributed by atoms with Gasteiger partial charge in [-0.1, -0.05) is 6.07 Å². The molecule has 12 heteroatoms. The van der Waals surface area contributed by atoms with Crippen molar-refractivity contribution in [2.24, 2.45) is 4.99 Å². The SMILES string of the molecule is FC1=NC(F)=C(F)CC1(F)Oc1cccc2c1Oc1c(F)nc(F)c(F)c1O2. The highest BCUT2D eigenvalue weighted by Crippen LogP contribution is 2.52. The van der Waals surface area contributed by atoms with E-state index >= 15 is 0 Å². The van der Waals surface area contributed by atoms with Crippen molar-refractivity contribution in [2.45, 2.75) is 12.3 Å². The Morgan fingerprint density at radius 1 is 0.929 bits per heavy atom. The summed E-state index contributed by atoms with van der Waals surface area (Å²) in [6.07, 6.45) is -1.48. The molecular formula is C16H5F7N2O3. The summed E-state index contributed by atoms with van der Waals surface area (Å²) in [5.41, 5.74) is 0.